The van der Waals surface area contributed by atoms with Crippen molar-refractivity contribution >= 4 is 29.5 Å². The number of hydrogen-bond acceptors (Lipinski definition) is 5. The van der Waals surface area contributed by atoms with E-state index in [4.69, 9.17) is 16.3 Å². The average Bonchev–Trinajstić information content (AvgIpc) is 3.55. The van der Waals surface area contributed by atoms with Gasteiger partial charge in [-0.05, 0) is 73.4 Å². The third kappa shape index (κ3) is 5.73. The van der Waals surface area contributed by atoms with Gasteiger partial charge in [-0.25, -0.2) is 13.5 Å². The van der Waals surface area contributed by atoms with Gasteiger partial charge in [0, 0.05) is 47.6 Å². The van der Waals surface area contributed by atoms with Crippen LogP contribution in [0.4, 0.5) is 14.5 Å². The third-order valence-corrected chi connectivity index (χ3v) is 7.90. The average molecular weight is 577 g/mol. The molecule has 2 fully saturated rings. The summed E-state index contributed by atoms with van der Waals surface area (Å²) in [5, 5.41) is 8.11. The van der Waals surface area contributed by atoms with Crippen LogP contribution in [-0.4, -0.2) is 46.1 Å². The molecule has 1 saturated carbocycles. The molecule has 2 heterocycles. The first-order chi connectivity index (χ1) is 19.9. The minimum atomic E-state index is -0.723. The standard InChI is InChI=1S/C31H27ClF2N4O3/c32-27-10-9-25(15-28(27)34)38-16-26(30(36-38)21-3-5-22(33)6-4-21)31-37(29(40)18-41-31)12-11-19-1-7-23(8-2-19)35-24-13-20(14-24)17-39/h1-10,15-17,20,24,31,35H,11-14,18H2. The van der Waals surface area contributed by atoms with Crippen molar-refractivity contribution in [3.05, 3.63) is 101 Å². The van der Waals surface area contributed by atoms with Crippen molar-refractivity contribution in [2.75, 3.05) is 18.5 Å². The van der Waals surface area contributed by atoms with E-state index in [1.165, 1.54) is 28.9 Å². The van der Waals surface area contributed by atoms with Crippen molar-refractivity contribution in [2.24, 2.45) is 5.92 Å². The zero-order valence-electron chi connectivity index (χ0n) is 22.0. The Morgan fingerprint density at radius 2 is 1.80 bits per heavy atom. The van der Waals surface area contributed by atoms with E-state index >= 15 is 0 Å². The molecule has 0 bridgehead atoms. The summed E-state index contributed by atoms with van der Waals surface area (Å²) in [5.74, 6) is -0.971. The molecule has 10 heteroatoms. The molecular formula is C31H27ClF2N4O3. The van der Waals surface area contributed by atoms with Crippen LogP contribution in [0.1, 0.15) is 30.2 Å². The lowest BCUT2D eigenvalue weighted by Gasteiger charge is -2.33. The third-order valence-electron chi connectivity index (χ3n) is 7.60. The van der Waals surface area contributed by atoms with Gasteiger partial charge in [0.05, 0.1) is 10.7 Å². The molecule has 2 aliphatic rings. The van der Waals surface area contributed by atoms with Gasteiger partial charge in [-0.2, -0.15) is 5.10 Å². The SMILES string of the molecule is O=CC1CC(Nc2ccc(CCN3C(=O)COC3c3cn(-c4ccc(Cl)c(F)c4)nc3-c3ccc(F)cc3)cc2)C1. The molecule has 1 aliphatic heterocycles. The van der Waals surface area contributed by atoms with Gasteiger partial charge in [-0.15, -0.1) is 0 Å². The van der Waals surface area contributed by atoms with Crippen LogP contribution in [-0.2, 0) is 20.7 Å². The van der Waals surface area contributed by atoms with Crippen LogP contribution in [0.15, 0.2) is 72.9 Å². The fraction of sp³-hybridized carbons (Fsp3) is 0.258. The normalized spacial score (nSPS) is 20.2. The number of anilines is 1. The lowest BCUT2D eigenvalue weighted by atomic mass is 9.81. The van der Waals surface area contributed by atoms with Crippen LogP contribution in [0.3, 0.4) is 0 Å². The number of rotatable bonds is 9. The van der Waals surface area contributed by atoms with E-state index in [2.05, 4.69) is 10.4 Å². The number of amides is 1. The zero-order chi connectivity index (χ0) is 28.5. The Morgan fingerprint density at radius 1 is 1.05 bits per heavy atom. The van der Waals surface area contributed by atoms with Gasteiger partial charge in [-0.1, -0.05) is 23.7 Å². The highest BCUT2D eigenvalue weighted by atomic mass is 35.5. The number of nitrogens with zero attached hydrogens (tertiary/aromatic N) is 3. The second-order valence-corrected chi connectivity index (χ2v) is 10.8. The monoisotopic (exact) mass is 576 g/mol. The molecule has 6 rings (SSSR count). The van der Waals surface area contributed by atoms with Gasteiger partial charge < -0.3 is 19.7 Å². The molecule has 1 atom stereocenters. The van der Waals surface area contributed by atoms with Crippen LogP contribution in [0.2, 0.25) is 5.02 Å². The maximum atomic E-state index is 14.2. The summed E-state index contributed by atoms with van der Waals surface area (Å²) in [7, 11) is 0. The molecule has 1 saturated heterocycles. The number of carbonyl (C=O) groups excluding carboxylic acids is 2. The number of aromatic nitrogens is 2. The predicted octanol–water partition coefficient (Wildman–Crippen LogP) is 5.96. The van der Waals surface area contributed by atoms with Gasteiger partial charge in [0.15, 0.2) is 6.23 Å². The van der Waals surface area contributed by atoms with Gasteiger partial charge in [0.2, 0.25) is 0 Å². The first-order valence-electron chi connectivity index (χ1n) is 13.4. The topological polar surface area (TPSA) is 76.5 Å². The summed E-state index contributed by atoms with van der Waals surface area (Å²) in [6, 6.07) is 18.6. The minimum absolute atomic E-state index is 0.00539. The molecule has 41 heavy (non-hydrogen) atoms. The van der Waals surface area contributed by atoms with Crippen LogP contribution in [0, 0.1) is 17.6 Å². The molecule has 7 nitrogen and oxygen atoms in total. The Kier molecular flexibility index (Phi) is 7.55. The van der Waals surface area contributed by atoms with Gasteiger partial charge in [0.1, 0.15) is 30.2 Å². The number of hydrogen-bond donors (Lipinski definition) is 1. The summed E-state index contributed by atoms with van der Waals surface area (Å²) < 4.78 is 35.4. The molecule has 0 radical (unpaired) electrons. The smallest absolute Gasteiger partial charge is 0.250 e. The van der Waals surface area contributed by atoms with E-state index in [0.717, 1.165) is 30.4 Å². The first-order valence-corrected chi connectivity index (χ1v) is 13.8. The highest BCUT2D eigenvalue weighted by Crippen LogP contribution is 2.36. The van der Waals surface area contributed by atoms with Crippen molar-refractivity contribution in [2.45, 2.75) is 31.5 Å². The maximum absolute atomic E-state index is 14.2. The summed E-state index contributed by atoms with van der Waals surface area (Å²) in [6.07, 6.45) is 4.31. The number of halogens is 3. The molecule has 1 unspecified atom stereocenters. The number of ether oxygens (including phenoxy) is 1. The highest BCUT2D eigenvalue weighted by molar-refractivity contribution is 6.30. The van der Waals surface area contributed by atoms with Crippen molar-refractivity contribution in [1.82, 2.24) is 14.7 Å². The van der Waals surface area contributed by atoms with Crippen molar-refractivity contribution in [3.63, 3.8) is 0 Å². The fourth-order valence-electron chi connectivity index (χ4n) is 5.26. The summed E-state index contributed by atoms with van der Waals surface area (Å²) in [5.41, 5.74) is 4.22. The van der Waals surface area contributed by atoms with Crippen molar-refractivity contribution in [3.8, 4) is 16.9 Å². The molecule has 3 aromatic carbocycles. The summed E-state index contributed by atoms with van der Waals surface area (Å²) in [6.45, 7) is 0.323. The van der Waals surface area contributed by atoms with Gasteiger partial charge >= 0.3 is 0 Å². The molecular weight excluding hydrogens is 550 g/mol. The Balaban J connectivity index is 1.23. The van der Waals surface area contributed by atoms with Gasteiger partial charge in [-0.3, -0.25) is 4.79 Å². The van der Waals surface area contributed by atoms with E-state index < -0.39 is 12.0 Å². The van der Waals surface area contributed by atoms with Crippen LogP contribution in [0.25, 0.3) is 16.9 Å². The van der Waals surface area contributed by atoms with E-state index in [1.54, 1.807) is 29.3 Å². The van der Waals surface area contributed by atoms with Crippen molar-refractivity contribution < 1.29 is 23.1 Å². The predicted molar refractivity (Wildman–Crippen MR) is 151 cm³/mol. The van der Waals surface area contributed by atoms with E-state index in [1.807, 2.05) is 24.3 Å². The first kappa shape index (κ1) is 27.1. The number of nitrogens with one attached hydrogen (secondary N) is 1. The van der Waals surface area contributed by atoms with Crippen molar-refractivity contribution in [1.29, 1.82) is 0 Å². The summed E-state index contributed by atoms with van der Waals surface area (Å²) >= 11 is 5.87. The second kappa shape index (κ2) is 11.4. The Bertz CT molecular complexity index is 1570. The largest absolute Gasteiger partial charge is 0.382 e. The Labute approximate surface area is 240 Å². The quantitative estimate of drug-likeness (QED) is 0.249. The van der Waals surface area contributed by atoms with E-state index in [9.17, 15) is 18.4 Å². The Morgan fingerprint density at radius 3 is 2.51 bits per heavy atom. The molecule has 1 N–H and O–H groups in total. The fourth-order valence-corrected chi connectivity index (χ4v) is 5.37. The van der Waals surface area contributed by atoms with Crippen LogP contribution >= 0.6 is 11.6 Å². The number of benzene rings is 3. The lowest BCUT2D eigenvalue weighted by molar-refractivity contribution is -0.128. The van der Waals surface area contributed by atoms with Crippen LogP contribution < -0.4 is 5.32 Å². The minimum Gasteiger partial charge on any atom is -0.382 e. The molecule has 0 spiro atoms. The van der Waals surface area contributed by atoms with E-state index in [0.29, 0.717) is 41.5 Å². The van der Waals surface area contributed by atoms with Crippen LogP contribution in [0.5, 0.6) is 0 Å². The zero-order valence-corrected chi connectivity index (χ0v) is 22.7. The van der Waals surface area contributed by atoms with Gasteiger partial charge in [0.25, 0.3) is 5.91 Å². The molecule has 210 valence electrons. The number of carbonyl (C=O) groups is 2. The Hall–Kier alpha value is -4.08. The lowest BCUT2D eigenvalue weighted by Crippen LogP contribution is -2.36. The molecule has 1 aliphatic carbocycles. The second-order valence-electron chi connectivity index (χ2n) is 10.4. The van der Waals surface area contributed by atoms with E-state index in [-0.39, 0.29) is 29.3 Å². The molecule has 4 aromatic rings. The number of aldehydes is 1. The highest BCUT2D eigenvalue weighted by Gasteiger charge is 2.36. The summed E-state index contributed by atoms with van der Waals surface area (Å²) in [4.78, 5) is 25.4. The maximum Gasteiger partial charge on any atom is 0.250 e. The molecule has 1 amide bonds. The molecule has 1 aromatic heterocycles.